The van der Waals surface area contributed by atoms with Crippen molar-refractivity contribution in [2.24, 2.45) is 5.41 Å². The van der Waals surface area contributed by atoms with Crippen molar-refractivity contribution in [2.75, 3.05) is 37.0 Å². The van der Waals surface area contributed by atoms with Gasteiger partial charge in [-0.05, 0) is 31.4 Å². The second-order valence-electron chi connectivity index (χ2n) is 6.86. The van der Waals surface area contributed by atoms with Crippen LogP contribution < -0.4 is 10.6 Å². The molecule has 1 atom stereocenters. The predicted molar refractivity (Wildman–Crippen MR) is 104 cm³/mol. The lowest BCUT2D eigenvalue weighted by Crippen LogP contribution is -2.38. The zero-order valence-corrected chi connectivity index (χ0v) is 16.6. The molecule has 1 aromatic rings. The van der Waals surface area contributed by atoms with Gasteiger partial charge >= 0.3 is 0 Å². The summed E-state index contributed by atoms with van der Waals surface area (Å²) >= 11 is 1.46. The molecule has 0 aliphatic heterocycles. The number of benzene rings is 1. The number of rotatable bonds is 7. The Morgan fingerprint density at radius 3 is 2.48 bits per heavy atom. The number of halogens is 1. The molecule has 0 fully saturated rings. The van der Waals surface area contributed by atoms with Crippen LogP contribution in [0, 0.1) is 11.2 Å². The standard InChI is InChI=1S/C18H28FN3O2S/c1-7-22(5)16(23)15(25-6)11-20-12-8-9-13(19)14(10-12)21-17(24)18(2,3)4/h8-10,15,20H,7,11H2,1-6H3,(H,21,24). The molecule has 0 saturated carbocycles. The van der Waals surface area contributed by atoms with Crippen molar-refractivity contribution >= 4 is 35.0 Å². The van der Waals surface area contributed by atoms with Crippen LogP contribution in [0.25, 0.3) is 0 Å². The molecule has 0 radical (unpaired) electrons. The Morgan fingerprint density at radius 2 is 1.96 bits per heavy atom. The Labute approximate surface area is 153 Å². The van der Waals surface area contributed by atoms with E-state index in [1.54, 1.807) is 44.9 Å². The van der Waals surface area contributed by atoms with Crippen molar-refractivity contribution in [3.63, 3.8) is 0 Å². The number of nitrogens with zero attached hydrogens (tertiary/aromatic N) is 1. The summed E-state index contributed by atoms with van der Waals surface area (Å²) < 4.78 is 14.0. The average Bonchev–Trinajstić information content (AvgIpc) is 2.56. The monoisotopic (exact) mass is 369 g/mol. The first-order chi connectivity index (χ1) is 11.6. The van der Waals surface area contributed by atoms with Gasteiger partial charge in [0.1, 0.15) is 11.1 Å². The number of hydrogen-bond donors (Lipinski definition) is 2. The van der Waals surface area contributed by atoms with Crippen LogP contribution in [0.4, 0.5) is 15.8 Å². The predicted octanol–water partition coefficient (Wildman–Crippen LogP) is 3.43. The van der Waals surface area contributed by atoms with Crippen LogP contribution in [0.5, 0.6) is 0 Å². The fraction of sp³-hybridized carbons (Fsp3) is 0.556. The SMILES string of the molecule is CCN(C)C(=O)C(CNc1ccc(F)c(NC(=O)C(C)(C)C)c1)SC. The molecule has 0 spiro atoms. The fourth-order valence-electron chi connectivity index (χ4n) is 1.92. The summed E-state index contributed by atoms with van der Waals surface area (Å²) in [7, 11) is 1.77. The third-order valence-electron chi connectivity index (χ3n) is 3.80. The molecule has 25 heavy (non-hydrogen) atoms. The second kappa shape index (κ2) is 9.08. The van der Waals surface area contributed by atoms with E-state index >= 15 is 0 Å². The highest BCUT2D eigenvalue weighted by Crippen LogP contribution is 2.23. The van der Waals surface area contributed by atoms with Gasteiger partial charge in [-0.2, -0.15) is 11.8 Å². The van der Waals surface area contributed by atoms with Crippen molar-refractivity contribution < 1.29 is 14.0 Å². The minimum absolute atomic E-state index is 0.0471. The van der Waals surface area contributed by atoms with Crippen molar-refractivity contribution in [3.05, 3.63) is 24.0 Å². The summed E-state index contributed by atoms with van der Waals surface area (Å²) in [6.07, 6.45) is 1.88. The first kappa shape index (κ1) is 21.3. The molecule has 5 nitrogen and oxygen atoms in total. The van der Waals surface area contributed by atoms with E-state index in [0.29, 0.717) is 18.8 Å². The number of carbonyl (C=O) groups excluding carboxylic acids is 2. The molecule has 2 N–H and O–H groups in total. The van der Waals surface area contributed by atoms with Gasteiger partial charge in [0.25, 0.3) is 0 Å². The molecule has 0 heterocycles. The minimum atomic E-state index is -0.614. The van der Waals surface area contributed by atoms with Gasteiger partial charge in [-0.15, -0.1) is 0 Å². The van der Waals surface area contributed by atoms with Gasteiger partial charge in [-0.1, -0.05) is 20.8 Å². The van der Waals surface area contributed by atoms with E-state index in [1.165, 1.54) is 17.8 Å². The van der Waals surface area contributed by atoms with Gasteiger partial charge in [0.2, 0.25) is 11.8 Å². The number of nitrogens with one attached hydrogen (secondary N) is 2. The maximum Gasteiger partial charge on any atom is 0.237 e. The Balaban J connectivity index is 2.82. The molecule has 0 aromatic heterocycles. The molecule has 7 heteroatoms. The zero-order valence-electron chi connectivity index (χ0n) is 15.8. The van der Waals surface area contributed by atoms with Gasteiger partial charge in [-0.3, -0.25) is 9.59 Å². The lowest BCUT2D eigenvalue weighted by atomic mass is 9.95. The Hall–Kier alpha value is -1.76. The normalized spacial score (nSPS) is 12.4. The van der Waals surface area contributed by atoms with Crippen LogP contribution in [-0.4, -0.2) is 48.4 Å². The highest BCUT2D eigenvalue weighted by molar-refractivity contribution is 7.99. The summed E-state index contributed by atoms with van der Waals surface area (Å²) in [6.45, 7) is 8.29. The van der Waals surface area contributed by atoms with Gasteiger partial charge in [0, 0.05) is 31.2 Å². The van der Waals surface area contributed by atoms with Gasteiger partial charge in [-0.25, -0.2) is 4.39 Å². The van der Waals surface area contributed by atoms with Crippen molar-refractivity contribution in [3.8, 4) is 0 Å². The van der Waals surface area contributed by atoms with Crippen LogP contribution in [0.15, 0.2) is 18.2 Å². The van der Waals surface area contributed by atoms with Gasteiger partial charge in [0.05, 0.1) is 5.69 Å². The zero-order chi connectivity index (χ0) is 19.2. The molecule has 0 saturated heterocycles. The molecule has 1 unspecified atom stereocenters. The molecule has 0 aliphatic carbocycles. The Kier molecular flexibility index (Phi) is 7.73. The van der Waals surface area contributed by atoms with Gasteiger partial charge in [0.15, 0.2) is 0 Å². The van der Waals surface area contributed by atoms with Crippen LogP contribution >= 0.6 is 11.8 Å². The quantitative estimate of drug-likeness (QED) is 0.773. The maximum absolute atomic E-state index is 14.0. The van der Waals surface area contributed by atoms with Crippen LogP contribution in [0.3, 0.4) is 0 Å². The topological polar surface area (TPSA) is 61.4 Å². The second-order valence-corrected chi connectivity index (χ2v) is 7.90. The van der Waals surface area contributed by atoms with E-state index in [1.807, 2.05) is 13.2 Å². The van der Waals surface area contributed by atoms with E-state index in [2.05, 4.69) is 10.6 Å². The summed E-state index contributed by atoms with van der Waals surface area (Å²) in [5.74, 6) is -0.706. The highest BCUT2D eigenvalue weighted by Gasteiger charge is 2.23. The number of amides is 2. The Bertz CT molecular complexity index is 617. The molecular weight excluding hydrogens is 341 g/mol. The number of anilines is 2. The number of carbonyl (C=O) groups is 2. The van der Waals surface area contributed by atoms with E-state index in [4.69, 9.17) is 0 Å². The summed E-state index contributed by atoms with van der Waals surface area (Å²) in [5, 5.41) is 5.52. The molecule has 0 bridgehead atoms. The van der Waals surface area contributed by atoms with Crippen LogP contribution in [0.1, 0.15) is 27.7 Å². The molecule has 1 rings (SSSR count). The third-order valence-corrected chi connectivity index (χ3v) is 4.74. The van der Waals surface area contributed by atoms with Crippen LogP contribution in [0.2, 0.25) is 0 Å². The average molecular weight is 370 g/mol. The lowest BCUT2D eigenvalue weighted by Gasteiger charge is -2.22. The van der Waals surface area contributed by atoms with Crippen molar-refractivity contribution in [1.29, 1.82) is 0 Å². The van der Waals surface area contributed by atoms with Crippen LogP contribution in [-0.2, 0) is 9.59 Å². The Morgan fingerprint density at radius 1 is 1.32 bits per heavy atom. The van der Waals surface area contributed by atoms with Crippen molar-refractivity contribution in [2.45, 2.75) is 32.9 Å². The largest absolute Gasteiger partial charge is 0.383 e. The molecular formula is C18H28FN3O2S. The fourth-order valence-corrected chi connectivity index (χ4v) is 2.56. The van der Waals surface area contributed by atoms with E-state index in [-0.39, 0.29) is 22.8 Å². The highest BCUT2D eigenvalue weighted by atomic mass is 32.2. The van der Waals surface area contributed by atoms with E-state index in [9.17, 15) is 14.0 Å². The van der Waals surface area contributed by atoms with Gasteiger partial charge < -0.3 is 15.5 Å². The van der Waals surface area contributed by atoms with Crippen molar-refractivity contribution in [1.82, 2.24) is 4.90 Å². The first-order valence-corrected chi connectivity index (χ1v) is 9.51. The maximum atomic E-state index is 14.0. The lowest BCUT2D eigenvalue weighted by molar-refractivity contribution is -0.128. The third kappa shape index (κ3) is 6.23. The number of hydrogen-bond acceptors (Lipinski definition) is 4. The smallest absolute Gasteiger partial charge is 0.237 e. The molecule has 1 aromatic carbocycles. The minimum Gasteiger partial charge on any atom is -0.383 e. The first-order valence-electron chi connectivity index (χ1n) is 8.22. The molecule has 0 aliphatic rings. The molecule has 2 amide bonds. The summed E-state index contributed by atoms with van der Waals surface area (Å²) in [6, 6.07) is 4.44. The summed E-state index contributed by atoms with van der Waals surface area (Å²) in [5.41, 5.74) is 0.163. The van der Waals surface area contributed by atoms with E-state index in [0.717, 1.165) is 0 Å². The van der Waals surface area contributed by atoms with E-state index < -0.39 is 11.2 Å². The number of thioether (sulfide) groups is 1. The molecule has 140 valence electrons. The summed E-state index contributed by atoms with van der Waals surface area (Å²) in [4.78, 5) is 26.0.